The third-order valence-corrected chi connectivity index (χ3v) is 9.01. The average molecular weight is 392 g/mol. The number of amides is 1. The second-order valence-corrected chi connectivity index (χ2v) is 10.4. The van der Waals surface area contributed by atoms with Crippen LogP contribution in [-0.4, -0.2) is 23.0 Å². The van der Waals surface area contributed by atoms with Gasteiger partial charge in [-0.15, -0.1) is 0 Å². The molecule has 0 bridgehead atoms. The van der Waals surface area contributed by atoms with E-state index in [-0.39, 0.29) is 22.3 Å². The molecule has 3 N–H and O–H groups in total. The third kappa shape index (κ3) is 2.54. The highest BCUT2D eigenvalue weighted by molar-refractivity contribution is 5.89. The largest absolute Gasteiger partial charge is 0.353 e. The molecule has 2 heterocycles. The van der Waals surface area contributed by atoms with Crippen molar-refractivity contribution in [2.24, 2.45) is 34.3 Å². The van der Waals surface area contributed by atoms with Gasteiger partial charge in [-0.25, -0.2) is 0 Å². The maximum atomic E-state index is 12.3. The number of allylic oxidation sites excluding steroid dienone is 3. The molecule has 0 spiro atoms. The van der Waals surface area contributed by atoms with E-state index in [0.717, 1.165) is 38.6 Å². The molecule has 3 aliphatic carbocycles. The fourth-order valence-electron chi connectivity index (χ4n) is 7.83. The minimum atomic E-state index is -0.202. The smallest absolute Gasteiger partial charge is 0.243 e. The summed E-state index contributed by atoms with van der Waals surface area (Å²) in [6, 6.07) is 4.23. The summed E-state index contributed by atoms with van der Waals surface area (Å²) >= 11 is 0. The summed E-state index contributed by atoms with van der Waals surface area (Å²) in [6.45, 7) is 7.85. The molecule has 1 aromatic rings. The van der Waals surface area contributed by atoms with Crippen molar-refractivity contribution in [3.8, 4) is 0 Å². The molecule has 154 valence electrons. The molecule has 29 heavy (non-hydrogen) atoms. The average Bonchev–Trinajstić information content (AvgIpc) is 2.95. The Labute approximate surface area is 174 Å². The quantitative estimate of drug-likeness (QED) is 0.758. The number of hydrogen-bond donors (Lipinski definition) is 2. The van der Waals surface area contributed by atoms with E-state index in [4.69, 9.17) is 5.73 Å². The van der Waals surface area contributed by atoms with Gasteiger partial charge in [0.1, 0.15) is 0 Å². The lowest BCUT2D eigenvalue weighted by atomic mass is 9.43. The zero-order valence-corrected chi connectivity index (χ0v) is 17.9. The van der Waals surface area contributed by atoms with Crippen molar-refractivity contribution in [1.82, 2.24) is 10.3 Å². The normalized spacial score (nSPS) is 43.9. The van der Waals surface area contributed by atoms with Crippen LogP contribution in [0.25, 0.3) is 5.57 Å². The summed E-state index contributed by atoms with van der Waals surface area (Å²) in [7, 11) is 0. The highest BCUT2D eigenvalue weighted by Crippen LogP contribution is 2.67. The van der Waals surface area contributed by atoms with Gasteiger partial charge in [0.15, 0.2) is 0 Å². The van der Waals surface area contributed by atoms with E-state index in [1.165, 1.54) is 16.7 Å². The predicted molar refractivity (Wildman–Crippen MR) is 116 cm³/mol. The molecule has 4 heteroatoms. The number of carbonyl (C=O) groups excluding carboxylic acids is 1. The molecule has 0 saturated heterocycles. The van der Waals surface area contributed by atoms with Crippen LogP contribution < -0.4 is 11.1 Å². The summed E-state index contributed by atoms with van der Waals surface area (Å²) in [4.78, 5) is 16.6. The summed E-state index contributed by atoms with van der Waals surface area (Å²) in [5.41, 5.74) is 11.4. The van der Waals surface area contributed by atoms with Gasteiger partial charge in [-0.2, -0.15) is 0 Å². The van der Waals surface area contributed by atoms with Crippen molar-refractivity contribution in [3.63, 3.8) is 0 Å². The van der Waals surface area contributed by atoms with Gasteiger partial charge in [0.25, 0.3) is 0 Å². The van der Waals surface area contributed by atoms with Gasteiger partial charge in [-0.1, -0.05) is 38.5 Å². The first-order chi connectivity index (χ1) is 13.8. The fourth-order valence-corrected chi connectivity index (χ4v) is 7.83. The van der Waals surface area contributed by atoms with Crippen molar-refractivity contribution >= 4 is 11.5 Å². The minimum absolute atomic E-state index is 0.00393. The Bertz CT molecular complexity index is 906. The molecule has 2 saturated carbocycles. The van der Waals surface area contributed by atoms with E-state index in [1.807, 2.05) is 24.5 Å². The number of carbonyl (C=O) groups is 1. The van der Waals surface area contributed by atoms with Crippen LogP contribution in [-0.2, 0) is 4.79 Å². The van der Waals surface area contributed by atoms with Crippen molar-refractivity contribution in [1.29, 1.82) is 0 Å². The zero-order valence-electron chi connectivity index (χ0n) is 17.9. The lowest BCUT2D eigenvalue weighted by Crippen LogP contribution is -2.67. The fraction of sp³-hybridized carbons (Fsp3) is 0.600. The van der Waals surface area contributed by atoms with E-state index in [2.05, 4.69) is 43.2 Å². The maximum absolute atomic E-state index is 12.3. The standard InChI is InChI=1S/C25H33N3O/c1-16-14-25(26)20-7-6-18(17-5-4-11-27-15-17)23(20,2)9-8-21(25)24(3)10-12-28-22(29)13-19(16)24/h4-6,11,13,15-16,20-21H,7-10,12,14,26H2,1-3H3,(H,28,29)/t16?,20-,21-,23-,24+,25-/m1/s1. The van der Waals surface area contributed by atoms with Crippen molar-refractivity contribution in [3.05, 3.63) is 47.8 Å². The molecule has 6 atom stereocenters. The zero-order chi connectivity index (χ0) is 20.4. The first kappa shape index (κ1) is 19.0. The monoisotopic (exact) mass is 391 g/mol. The number of hydrogen-bond acceptors (Lipinski definition) is 3. The summed E-state index contributed by atoms with van der Waals surface area (Å²) in [6.07, 6.45) is 13.5. The highest BCUT2D eigenvalue weighted by atomic mass is 16.1. The van der Waals surface area contributed by atoms with E-state index >= 15 is 0 Å². The first-order valence-corrected chi connectivity index (χ1v) is 11.2. The molecular weight excluding hydrogens is 358 g/mol. The van der Waals surface area contributed by atoms with E-state index in [0.29, 0.717) is 17.8 Å². The molecule has 4 nitrogen and oxygen atoms in total. The number of aromatic nitrogens is 1. The van der Waals surface area contributed by atoms with Gasteiger partial charge >= 0.3 is 0 Å². The van der Waals surface area contributed by atoms with Gasteiger partial charge in [0, 0.05) is 30.6 Å². The summed E-state index contributed by atoms with van der Waals surface area (Å²) in [5.74, 6) is 1.28. The Morgan fingerprint density at radius 1 is 1.21 bits per heavy atom. The molecule has 2 fully saturated rings. The van der Waals surface area contributed by atoms with Crippen LogP contribution >= 0.6 is 0 Å². The third-order valence-electron chi connectivity index (χ3n) is 9.01. The Balaban J connectivity index is 1.56. The van der Waals surface area contributed by atoms with E-state index in [9.17, 15) is 4.79 Å². The highest BCUT2D eigenvalue weighted by Gasteiger charge is 2.64. The predicted octanol–water partition coefficient (Wildman–Crippen LogP) is 4.09. The lowest BCUT2D eigenvalue weighted by molar-refractivity contribution is -0.116. The van der Waals surface area contributed by atoms with Crippen molar-refractivity contribution in [2.75, 3.05) is 6.54 Å². The maximum Gasteiger partial charge on any atom is 0.243 e. The molecule has 0 aromatic carbocycles. The summed E-state index contributed by atoms with van der Waals surface area (Å²) < 4.78 is 0. The van der Waals surface area contributed by atoms with Gasteiger partial charge in [-0.05, 0) is 77.9 Å². The van der Waals surface area contributed by atoms with Gasteiger partial charge in [0.2, 0.25) is 5.91 Å². The lowest BCUT2D eigenvalue weighted by Gasteiger charge is -2.63. The molecule has 1 aliphatic heterocycles. The first-order valence-electron chi connectivity index (χ1n) is 11.2. The van der Waals surface area contributed by atoms with Crippen LogP contribution in [0, 0.1) is 28.6 Å². The molecule has 1 unspecified atom stereocenters. The molecule has 1 amide bonds. The molecule has 1 aromatic heterocycles. The minimum Gasteiger partial charge on any atom is -0.353 e. The second-order valence-electron chi connectivity index (χ2n) is 10.4. The second kappa shape index (κ2) is 6.28. The molecule has 0 radical (unpaired) electrons. The Kier molecular flexibility index (Phi) is 4.12. The van der Waals surface area contributed by atoms with Gasteiger partial charge < -0.3 is 11.1 Å². The number of pyridine rings is 1. The Morgan fingerprint density at radius 3 is 2.79 bits per heavy atom. The number of nitrogens with zero attached hydrogens (tertiary/aromatic N) is 1. The number of rotatable bonds is 1. The topological polar surface area (TPSA) is 68.0 Å². The van der Waals surface area contributed by atoms with Crippen LogP contribution in [0.3, 0.4) is 0 Å². The van der Waals surface area contributed by atoms with Crippen LogP contribution in [0.1, 0.15) is 58.4 Å². The van der Waals surface area contributed by atoms with E-state index in [1.54, 1.807) is 0 Å². The van der Waals surface area contributed by atoms with Crippen LogP contribution in [0.4, 0.5) is 0 Å². The number of fused-ring (bicyclic) bond motifs is 5. The molecular formula is C25H33N3O. The van der Waals surface area contributed by atoms with Crippen LogP contribution in [0.15, 0.2) is 42.3 Å². The molecule has 4 aliphatic rings. The van der Waals surface area contributed by atoms with Crippen LogP contribution in [0.5, 0.6) is 0 Å². The number of nitrogens with one attached hydrogen (secondary N) is 1. The van der Waals surface area contributed by atoms with Crippen molar-refractivity contribution < 1.29 is 4.79 Å². The number of nitrogens with two attached hydrogens (primary N) is 1. The summed E-state index contributed by atoms with van der Waals surface area (Å²) in [5, 5.41) is 3.06. The molecule has 5 rings (SSSR count). The SMILES string of the molecule is CC1C[C@]2(N)[C@H](CC[C@]3(C)C(c4cccnc4)=CC[C@@H]23)[C@@]2(C)CCNC(=O)C=C12. The van der Waals surface area contributed by atoms with Crippen LogP contribution in [0.2, 0.25) is 0 Å². The van der Waals surface area contributed by atoms with Crippen molar-refractivity contribution in [2.45, 2.75) is 58.4 Å². The van der Waals surface area contributed by atoms with Gasteiger partial charge in [-0.3, -0.25) is 9.78 Å². The Hall–Kier alpha value is -1.94. The Morgan fingerprint density at radius 2 is 2.03 bits per heavy atom. The van der Waals surface area contributed by atoms with Gasteiger partial charge in [0.05, 0.1) is 0 Å². The van der Waals surface area contributed by atoms with E-state index < -0.39 is 0 Å².